The second kappa shape index (κ2) is 5.49. The normalized spacial score (nSPS) is 15.8. The highest BCUT2D eigenvalue weighted by molar-refractivity contribution is 7.09. The Morgan fingerprint density at radius 2 is 2.21 bits per heavy atom. The van der Waals surface area contributed by atoms with Gasteiger partial charge in [0.1, 0.15) is 0 Å². The Morgan fingerprint density at radius 3 is 2.71 bits per heavy atom. The molecule has 1 heterocycles. The lowest BCUT2D eigenvalue weighted by Crippen LogP contribution is -2.35. The van der Waals surface area contributed by atoms with Gasteiger partial charge < -0.3 is 10.0 Å². The summed E-state index contributed by atoms with van der Waals surface area (Å²) in [5, 5.41) is 11.4. The van der Waals surface area contributed by atoms with Crippen molar-refractivity contribution >= 4 is 11.3 Å². The molecule has 3 heteroatoms. The highest BCUT2D eigenvalue weighted by Crippen LogP contribution is 2.13. The first-order valence-electron chi connectivity index (χ1n) is 5.00. The van der Waals surface area contributed by atoms with E-state index in [1.807, 2.05) is 6.92 Å². The van der Waals surface area contributed by atoms with Gasteiger partial charge in [0.25, 0.3) is 0 Å². The van der Waals surface area contributed by atoms with Crippen molar-refractivity contribution in [2.24, 2.45) is 0 Å². The van der Waals surface area contributed by atoms with Crippen molar-refractivity contribution in [1.82, 2.24) is 4.90 Å². The highest BCUT2D eigenvalue weighted by atomic mass is 32.1. The molecule has 1 aromatic heterocycles. The Morgan fingerprint density at radius 1 is 1.50 bits per heavy atom. The topological polar surface area (TPSA) is 23.5 Å². The fraction of sp³-hybridized carbons (Fsp3) is 0.636. The number of aliphatic hydroxyl groups excluding tert-OH is 1. The molecule has 2 atom stereocenters. The molecule has 14 heavy (non-hydrogen) atoms. The zero-order chi connectivity index (χ0) is 10.6. The minimum absolute atomic E-state index is 0.245. The van der Waals surface area contributed by atoms with Crippen molar-refractivity contribution in [3.05, 3.63) is 22.4 Å². The maximum atomic E-state index is 9.26. The summed E-state index contributed by atoms with van der Waals surface area (Å²) in [6.45, 7) is 4.77. The number of rotatable bonds is 5. The van der Waals surface area contributed by atoms with E-state index in [2.05, 4.69) is 36.4 Å². The van der Waals surface area contributed by atoms with Gasteiger partial charge in [0, 0.05) is 17.5 Å². The first-order valence-corrected chi connectivity index (χ1v) is 5.88. The lowest BCUT2D eigenvalue weighted by Gasteiger charge is -2.25. The van der Waals surface area contributed by atoms with Crippen LogP contribution in [0.25, 0.3) is 0 Å². The molecular weight excluding hydrogens is 194 g/mol. The van der Waals surface area contributed by atoms with Crippen molar-refractivity contribution in [2.45, 2.75) is 32.4 Å². The molecule has 0 spiro atoms. The molecule has 2 unspecified atom stereocenters. The maximum Gasteiger partial charge on any atom is 0.0639 e. The Hall–Kier alpha value is -0.380. The first-order chi connectivity index (χ1) is 6.59. The third-order valence-electron chi connectivity index (χ3n) is 2.38. The van der Waals surface area contributed by atoms with Crippen molar-refractivity contribution < 1.29 is 5.11 Å². The molecule has 0 bridgehead atoms. The second-order valence-electron chi connectivity index (χ2n) is 3.92. The standard InChI is InChI=1S/C11H19NOS/c1-9(12(3)8-10(2)13)7-11-5-4-6-14-11/h4-6,9-10,13H,7-8H2,1-3H3. The van der Waals surface area contributed by atoms with Crippen LogP contribution in [0, 0.1) is 0 Å². The van der Waals surface area contributed by atoms with Gasteiger partial charge >= 0.3 is 0 Å². The van der Waals surface area contributed by atoms with Gasteiger partial charge in [0.05, 0.1) is 6.10 Å². The van der Waals surface area contributed by atoms with E-state index in [4.69, 9.17) is 0 Å². The van der Waals surface area contributed by atoms with E-state index in [-0.39, 0.29) is 6.10 Å². The van der Waals surface area contributed by atoms with Gasteiger partial charge in [-0.1, -0.05) is 6.07 Å². The molecule has 1 aromatic rings. The summed E-state index contributed by atoms with van der Waals surface area (Å²) in [4.78, 5) is 3.61. The largest absolute Gasteiger partial charge is 0.392 e. The molecule has 0 aliphatic rings. The molecule has 0 aliphatic carbocycles. The van der Waals surface area contributed by atoms with Gasteiger partial charge in [0.15, 0.2) is 0 Å². The molecule has 0 radical (unpaired) electrons. The molecule has 2 nitrogen and oxygen atoms in total. The quantitative estimate of drug-likeness (QED) is 0.808. The summed E-state index contributed by atoms with van der Waals surface area (Å²) >= 11 is 1.80. The number of nitrogens with zero attached hydrogens (tertiary/aromatic N) is 1. The second-order valence-corrected chi connectivity index (χ2v) is 4.95. The minimum atomic E-state index is -0.245. The van der Waals surface area contributed by atoms with Gasteiger partial charge in [-0.3, -0.25) is 0 Å². The summed E-state index contributed by atoms with van der Waals surface area (Å²) in [7, 11) is 2.06. The van der Waals surface area contributed by atoms with Crippen LogP contribution < -0.4 is 0 Å². The number of thiophene rings is 1. The molecule has 0 aromatic carbocycles. The van der Waals surface area contributed by atoms with Crippen LogP contribution in [0.1, 0.15) is 18.7 Å². The molecule has 0 saturated heterocycles. The average molecular weight is 213 g/mol. The first kappa shape index (κ1) is 11.7. The van der Waals surface area contributed by atoms with Gasteiger partial charge in [-0.2, -0.15) is 0 Å². The number of hydrogen-bond donors (Lipinski definition) is 1. The molecule has 0 saturated carbocycles. The van der Waals surface area contributed by atoms with Crippen LogP contribution in [0.4, 0.5) is 0 Å². The SMILES string of the molecule is CC(O)CN(C)C(C)Cc1cccs1. The van der Waals surface area contributed by atoms with Crippen LogP contribution in [0.2, 0.25) is 0 Å². The Kier molecular flexibility index (Phi) is 4.58. The van der Waals surface area contributed by atoms with E-state index >= 15 is 0 Å². The zero-order valence-electron chi connectivity index (χ0n) is 9.10. The lowest BCUT2D eigenvalue weighted by molar-refractivity contribution is 0.121. The maximum absolute atomic E-state index is 9.26. The molecular formula is C11H19NOS. The van der Waals surface area contributed by atoms with Gasteiger partial charge in [-0.25, -0.2) is 0 Å². The van der Waals surface area contributed by atoms with E-state index in [0.717, 1.165) is 13.0 Å². The van der Waals surface area contributed by atoms with Crippen LogP contribution in [0.3, 0.4) is 0 Å². The number of aliphatic hydroxyl groups is 1. The molecule has 1 N–H and O–H groups in total. The van der Waals surface area contributed by atoms with Crippen molar-refractivity contribution in [3.63, 3.8) is 0 Å². The number of hydrogen-bond acceptors (Lipinski definition) is 3. The van der Waals surface area contributed by atoms with Crippen LogP contribution >= 0.6 is 11.3 Å². The fourth-order valence-corrected chi connectivity index (χ4v) is 2.30. The fourth-order valence-electron chi connectivity index (χ4n) is 1.47. The Bertz CT molecular complexity index is 246. The molecule has 80 valence electrons. The van der Waals surface area contributed by atoms with E-state index in [0.29, 0.717) is 6.04 Å². The van der Waals surface area contributed by atoms with Crippen molar-refractivity contribution in [2.75, 3.05) is 13.6 Å². The Labute approximate surface area is 90.2 Å². The van der Waals surface area contributed by atoms with E-state index in [1.165, 1.54) is 4.88 Å². The third-order valence-corrected chi connectivity index (χ3v) is 3.28. The predicted molar refractivity (Wildman–Crippen MR) is 61.8 cm³/mol. The molecule has 0 fully saturated rings. The van der Waals surface area contributed by atoms with Gasteiger partial charge in [-0.05, 0) is 38.8 Å². The monoisotopic (exact) mass is 213 g/mol. The van der Waals surface area contributed by atoms with Gasteiger partial charge in [-0.15, -0.1) is 11.3 Å². The van der Waals surface area contributed by atoms with E-state index < -0.39 is 0 Å². The van der Waals surface area contributed by atoms with Crippen molar-refractivity contribution in [1.29, 1.82) is 0 Å². The molecule has 0 amide bonds. The van der Waals surface area contributed by atoms with Crippen LogP contribution in [0.15, 0.2) is 17.5 Å². The molecule has 1 rings (SSSR count). The van der Waals surface area contributed by atoms with Crippen LogP contribution in [-0.2, 0) is 6.42 Å². The third kappa shape index (κ3) is 3.78. The van der Waals surface area contributed by atoms with Gasteiger partial charge in [0.2, 0.25) is 0 Å². The number of likely N-dealkylation sites (N-methyl/N-ethyl adjacent to an activating group) is 1. The predicted octanol–water partition coefficient (Wildman–Crippen LogP) is 1.99. The van der Waals surface area contributed by atoms with E-state index in [1.54, 1.807) is 11.3 Å². The van der Waals surface area contributed by atoms with E-state index in [9.17, 15) is 5.11 Å². The summed E-state index contributed by atoms with van der Waals surface area (Å²) in [6, 6.07) is 4.74. The summed E-state index contributed by atoms with van der Waals surface area (Å²) < 4.78 is 0. The summed E-state index contributed by atoms with van der Waals surface area (Å²) in [6.07, 6.45) is 0.826. The smallest absolute Gasteiger partial charge is 0.0639 e. The zero-order valence-corrected chi connectivity index (χ0v) is 9.92. The highest BCUT2D eigenvalue weighted by Gasteiger charge is 2.11. The van der Waals surface area contributed by atoms with Crippen LogP contribution in [0.5, 0.6) is 0 Å². The average Bonchev–Trinajstić information content (AvgIpc) is 2.55. The summed E-state index contributed by atoms with van der Waals surface area (Å²) in [5.41, 5.74) is 0. The van der Waals surface area contributed by atoms with Crippen molar-refractivity contribution in [3.8, 4) is 0 Å². The minimum Gasteiger partial charge on any atom is -0.392 e. The lowest BCUT2D eigenvalue weighted by atomic mass is 10.2. The Balaban J connectivity index is 2.37. The molecule has 0 aliphatic heterocycles. The summed E-state index contributed by atoms with van der Waals surface area (Å²) in [5.74, 6) is 0. The van der Waals surface area contributed by atoms with Crippen LogP contribution in [-0.4, -0.2) is 35.7 Å².